The first kappa shape index (κ1) is 29.8. The Morgan fingerprint density at radius 1 is 0.929 bits per heavy atom. The van der Waals surface area contributed by atoms with Crippen molar-refractivity contribution in [2.45, 2.75) is 49.7 Å². The van der Waals surface area contributed by atoms with Gasteiger partial charge in [0, 0.05) is 21.1 Å². The lowest BCUT2D eigenvalue weighted by Gasteiger charge is -2.18. The number of thiocarbonyl (C=S) groups is 1. The number of esters is 1. The average molecular weight is 616 g/mol. The van der Waals surface area contributed by atoms with Crippen molar-refractivity contribution in [3.05, 3.63) is 106 Å². The van der Waals surface area contributed by atoms with E-state index in [1.807, 2.05) is 85.8 Å². The molecule has 4 aromatic rings. The van der Waals surface area contributed by atoms with Gasteiger partial charge in [-0.15, -0.1) is 23.1 Å². The number of thiophene rings is 1. The molecule has 1 atom stereocenters. The van der Waals surface area contributed by atoms with Crippen LogP contribution in [0.3, 0.4) is 0 Å². The molecular formula is C33H33N3O3S3. The average Bonchev–Trinajstić information content (AvgIpc) is 3.35. The van der Waals surface area contributed by atoms with Crippen LogP contribution in [0.15, 0.2) is 83.8 Å². The van der Waals surface area contributed by atoms with Crippen molar-refractivity contribution in [3.8, 4) is 0 Å². The predicted molar refractivity (Wildman–Crippen MR) is 178 cm³/mol. The van der Waals surface area contributed by atoms with Gasteiger partial charge in [-0.3, -0.25) is 4.79 Å². The molecule has 0 aliphatic heterocycles. The summed E-state index contributed by atoms with van der Waals surface area (Å²) in [4.78, 5) is 29.0. The molecule has 0 spiro atoms. The van der Waals surface area contributed by atoms with Gasteiger partial charge in [0.2, 0.25) is 5.91 Å². The minimum atomic E-state index is -0.548. The summed E-state index contributed by atoms with van der Waals surface area (Å²) in [5, 5.41) is 10.1. The van der Waals surface area contributed by atoms with Gasteiger partial charge in [0.05, 0.1) is 12.2 Å². The third kappa shape index (κ3) is 7.40. The maximum atomic E-state index is 13.9. The quantitative estimate of drug-likeness (QED) is 0.0991. The highest BCUT2D eigenvalue weighted by molar-refractivity contribution is 8.00. The molecule has 0 fully saturated rings. The van der Waals surface area contributed by atoms with E-state index in [-0.39, 0.29) is 18.5 Å². The molecule has 0 saturated heterocycles. The summed E-state index contributed by atoms with van der Waals surface area (Å²) in [7, 11) is 0. The van der Waals surface area contributed by atoms with E-state index in [0.29, 0.717) is 15.7 Å². The number of hydrogen-bond donors (Lipinski definition) is 3. The van der Waals surface area contributed by atoms with Crippen LogP contribution in [0, 0.1) is 6.92 Å². The molecule has 0 radical (unpaired) electrons. The Kier molecular flexibility index (Phi) is 9.94. The maximum Gasteiger partial charge on any atom is 0.341 e. The Balaban J connectivity index is 1.36. The summed E-state index contributed by atoms with van der Waals surface area (Å²) in [6.45, 7) is 4.12. The van der Waals surface area contributed by atoms with E-state index in [9.17, 15) is 9.59 Å². The van der Waals surface area contributed by atoms with Gasteiger partial charge in [0.15, 0.2) is 5.11 Å². The van der Waals surface area contributed by atoms with Crippen molar-refractivity contribution in [1.29, 1.82) is 0 Å². The van der Waals surface area contributed by atoms with Crippen LogP contribution < -0.4 is 16.0 Å². The van der Waals surface area contributed by atoms with Crippen molar-refractivity contribution in [2.24, 2.45) is 0 Å². The molecule has 0 bridgehead atoms. The number of ether oxygens (including phenoxy) is 1. The van der Waals surface area contributed by atoms with E-state index in [4.69, 9.17) is 17.0 Å². The third-order valence-corrected chi connectivity index (χ3v) is 9.54. The predicted octanol–water partition coefficient (Wildman–Crippen LogP) is 8.39. The van der Waals surface area contributed by atoms with Crippen LogP contribution in [0.25, 0.3) is 0 Å². The summed E-state index contributed by atoms with van der Waals surface area (Å²) in [6, 6.07) is 25.5. The van der Waals surface area contributed by atoms with E-state index < -0.39 is 5.25 Å². The first-order chi connectivity index (χ1) is 20.4. The van der Waals surface area contributed by atoms with Gasteiger partial charge < -0.3 is 20.7 Å². The monoisotopic (exact) mass is 615 g/mol. The molecule has 0 saturated carbocycles. The van der Waals surface area contributed by atoms with E-state index in [2.05, 4.69) is 16.0 Å². The van der Waals surface area contributed by atoms with Gasteiger partial charge >= 0.3 is 5.97 Å². The zero-order valence-corrected chi connectivity index (χ0v) is 26.0. The molecular weight excluding hydrogens is 583 g/mol. The Labute approximate surface area is 260 Å². The summed E-state index contributed by atoms with van der Waals surface area (Å²) >= 11 is 8.48. The number of carbonyl (C=O) groups excluding carboxylic acids is 2. The second-order valence-electron chi connectivity index (χ2n) is 10.0. The van der Waals surface area contributed by atoms with Crippen LogP contribution in [-0.4, -0.2) is 23.6 Å². The van der Waals surface area contributed by atoms with Gasteiger partial charge in [-0.2, -0.15) is 0 Å². The molecule has 1 aliphatic rings. The van der Waals surface area contributed by atoms with E-state index in [1.165, 1.54) is 28.7 Å². The van der Waals surface area contributed by atoms with Crippen LogP contribution in [0.1, 0.15) is 56.9 Å². The fraction of sp³-hybridized carbons (Fsp3) is 0.242. The molecule has 1 amide bonds. The van der Waals surface area contributed by atoms with Crippen molar-refractivity contribution in [3.63, 3.8) is 0 Å². The van der Waals surface area contributed by atoms with Crippen LogP contribution in [0.2, 0.25) is 0 Å². The normalized spacial score (nSPS) is 13.0. The summed E-state index contributed by atoms with van der Waals surface area (Å²) in [5.41, 5.74) is 5.31. The van der Waals surface area contributed by atoms with Crippen molar-refractivity contribution >= 4 is 68.7 Å². The third-order valence-electron chi connectivity index (χ3n) is 6.88. The first-order valence-electron chi connectivity index (χ1n) is 14.0. The molecule has 42 heavy (non-hydrogen) atoms. The van der Waals surface area contributed by atoms with Crippen molar-refractivity contribution in [1.82, 2.24) is 0 Å². The van der Waals surface area contributed by atoms with Crippen LogP contribution in [0.5, 0.6) is 0 Å². The highest BCUT2D eigenvalue weighted by Gasteiger charge is 2.30. The molecule has 9 heteroatoms. The highest BCUT2D eigenvalue weighted by atomic mass is 32.2. The Morgan fingerprint density at radius 2 is 1.67 bits per heavy atom. The number of fused-ring (bicyclic) bond motifs is 1. The number of thioether (sulfide) groups is 1. The lowest BCUT2D eigenvalue weighted by atomic mass is 9.95. The SMILES string of the molecule is CCOC(=O)c1c(NC(=O)C(Sc2cccc(NC(=S)Nc3ccc(C)cc3)c2)c2ccccc2)sc2c1CCCC2. The number of hydrogen-bond acceptors (Lipinski definition) is 6. The zero-order valence-electron chi connectivity index (χ0n) is 23.6. The van der Waals surface area contributed by atoms with Gasteiger partial charge in [-0.1, -0.05) is 54.1 Å². The molecule has 3 aromatic carbocycles. The Morgan fingerprint density at radius 3 is 2.43 bits per heavy atom. The number of aryl methyl sites for hydroxylation is 2. The fourth-order valence-electron chi connectivity index (χ4n) is 4.86. The zero-order chi connectivity index (χ0) is 29.5. The molecule has 5 rings (SSSR count). The summed E-state index contributed by atoms with van der Waals surface area (Å²) in [6.07, 6.45) is 3.85. The molecule has 1 heterocycles. The van der Waals surface area contributed by atoms with Crippen LogP contribution in [0.4, 0.5) is 16.4 Å². The van der Waals surface area contributed by atoms with Crippen LogP contribution in [-0.2, 0) is 22.4 Å². The minimum Gasteiger partial charge on any atom is -0.462 e. The molecule has 1 aromatic heterocycles. The van der Waals surface area contributed by atoms with Gasteiger partial charge in [-0.05, 0) is 93.2 Å². The molecule has 6 nitrogen and oxygen atoms in total. The van der Waals surface area contributed by atoms with E-state index >= 15 is 0 Å². The Bertz CT molecular complexity index is 1570. The number of benzene rings is 3. The number of carbonyl (C=O) groups is 2. The standard InChI is InChI=1S/C33H33N3O3S3/c1-3-39-32(38)28-26-14-7-8-15-27(26)42-31(28)36-30(37)29(22-10-5-4-6-11-22)41-25-13-9-12-24(20-25)35-33(40)34-23-18-16-21(2)17-19-23/h4-6,9-13,16-20,29H,3,7-8,14-15H2,1-2H3,(H,36,37)(H2,34,35,40). The second kappa shape index (κ2) is 14.0. The number of nitrogens with one attached hydrogen (secondary N) is 3. The second-order valence-corrected chi connectivity index (χ2v) is 12.7. The van der Waals surface area contributed by atoms with E-state index in [0.717, 1.165) is 58.0 Å². The maximum absolute atomic E-state index is 13.9. The molecule has 216 valence electrons. The minimum absolute atomic E-state index is 0.190. The lowest BCUT2D eigenvalue weighted by molar-refractivity contribution is -0.115. The first-order valence-corrected chi connectivity index (χ1v) is 16.1. The van der Waals surface area contributed by atoms with Crippen LogP contribution >= 0.6 is 35.3 Å². The molecule has 1 aliphatic carbocycles. The number of anilines is 3. The lowest BCUT2D eigenvalue weighted by Crippen LogP contribution is -2.20. The molecule has 3 N–H and O–H groups in total. The van der Waals surface area contributed by atoms with Crippen molar-refractivity contribution < 1.29 is 14.3 Å². The highest BCUT2D eigenvalue weighted by Crippen LogP contribution is 2.41. The fourth-order valence-corrected chi connectivity index (χ4v) is 7.46. The molecule has 1 unspecified atom stereocenters. The van der Waals surface area contributed by atoms with Gasteiger partial charge in [0.25, 0.3) is 0 Å². The smallest absolute Gasteiger partial charge is 0.341 e. The number of amides is 1. The van der Waals surface area contributed by atoms with Gasteiger partial charge in [0.1, 0.15) is 10.3 Å². The Hall–Kier alpha value is -3.66. The van der Waals surface area contributed by atoms with Gasteiger partial charge in [-0.25, -0.2) is 4.79 Å². The largest absolute Gasteiger partial charge is 0.462 e. The van der Waals surface area contributed by atoms with E-state index in [1.54, 1.807) is 6.92 Å². The van der Waals surface area contributed by atoms with Crippen molar-refractivity contribution in [2.75, 3.05) is 22.6 Å². The number of rotatable bonds is 9. The topological polar surface area (TPSA) is 79.5 Å². The summed E-state index contributed by atoms with van der Waals surface area (Å²) < 4.78 is 5.39. The summed E-state index contributed by atoms with van der Waals surface area (Å²) in [5.74, 6) is -0.560.